The molecule has 0 atom stereocenters. The summed E-state index contributed by atoms with van der Waals surface area (Å²) in [5.41, 5.74) is 4.17. The third-order valence-corrected chi connectivity index (χ3v) is 5.92. The molecular weight excluding hydrogens is 338 g/mol. The molecule has 0 spiro atoms. The van der Waals surface area contributed by atoms with Crippen LogP contribution < -0.4 is 4.90 Å². The number of carbonyl (C=O) groups is 2. The number of aromatic hydroxyl groups is 1. The molecule has 0 amide bonds. The fourth-order valence-corrected chi connectivity index (χ4v) is 4.76. The van der Waals surface area contributed by atoms with Crippen LogP contribution in [0.2, 0.25) is 0 Å². The van der Waals surface area contributed by atoms with Crippen LogP contribution in [-0.2, 0) is 9.59 Å². The average molecular weight is 365 g/mol. The van der Waals surface area contributed by atoms with Gasteiger partial charge < -0.3 is 10.0 Å². The van der Waals surface area contributed by atoms with E-state index in [9.17, 15) is 14.7 Å². The summed E-state index contributed by atoms with van der Waals surface area (Å²) in [6, 6.07) is 7.12. The summed E-state index contributed by atoms with van der Waals surface area (Å²) in [5, 5.41) is 10.1. The van der Waals surface area contributed by atoms with Crippen molar-refractivity contribution in [2.45, 2.75) is 59.8 Å². The van der Waals surface area contributed by atoms with E-state index < -0.39 is 0 Å². The van der Waals surface area contributed by atoms with Gasteiger partial charge in [0, 0.05) is 53.6 Å². The number of anilines is 1. The molecule has 142 valence electrons. The van der Waals surface area contributed by atoms with E-state index in [1.165, 1.54) is 0 Å². The van der Waals surface area contributed by atoms with Crippen LogP contribution in [-0.4, -0.2) is 16.7 Å². The second kappa shape index (κ2) is 5.82. The van der Waals surface area contributed by atoms with Gasteiger partial charge in [0.25, 0.3) is 0 Å². The minimum atomic E-state index is -0.114. The van der Waals surface area contributed by atoms with Gasteiger partial charge in [0.2, 0.25) is 0 Å². The highest BCUT2D eigenvalue weighted by Crippen LogP contribution is 2.51. The summed E-state index contributed by atoms with van der Waals surface area (Å²) >= 11 is 0. The van der Waals surface area contributed by atoms with E-state index in [1.54, 1.807) is 12.1 Å². The van der Waals surface area contributed by atoms with E-state index in [1.807, 2.05) is 12.1 Å². The molecule has 1 aromatic rings. The first-order valence-electron chi connectivity index (χ1n) is 9.66. The van der Waals surface area contributed by atoms with E-state index in [0.717, 1.165) is 41.1 Å². The van der Waals surface area contributed by atoms with E-state index in [2.05, 4.69) is 32.6 Å². The van der Waals surface area contributed by atoms with Gasteiger partial charge in [0.15, 0.2) is 11.6 Å². The summed E-state index contributed by atoms with van der Waals surface area (Å²) < 4.78 is 0. The topological polar surface area (TPSA) is 57.6 Å². The fraction of sp³-hybridized carbons (Fsp3) is 0.478. The number of phenolic OH excluding ortho intramolecular Hbond substituents is 1. The molecule has 0 bridgehead atoms. The molecule has 0 saturated carbocycles. The Morgan fingerprint density at radius 2 is 1.37 bits per heavy atom. The van der Waals surface area contributed by atoms with Gasteiger partial charge in [-0.1, -0.05) is 33.8 Å². The Morgan fingerprint density at radius 1 is 0.852 bits per heavy atom. The number of carbonyl (C=O) groups excluding carboxylic acids is 2. The smallest absolute Gasteiger partial charge is 0.161 e. The number of ketones is 2. The minimum absolute atomic E-state index is 0.114. The first kappa shape index (κ1) is 18.0. The highest BCUT2D eigenvalue weighted by Gasteiger charge is 2.44. The molecule has 1 heterocycles. The van der Waals surface area contributed by atoms with Crippen molar-refractivity contribution in [1.82, 2.24) is 0 Å². The second-order valence-electron chi connectivity index (χ2n) is 9.76. The van der Waals surface area contributed by atoms with E-state index in [0.29, 0.717) is 19.3 Å². The molecule has 1 aliphatic heterocycles. The van der Waals surface area contributed by atoms with Crippen molar-refractivity contribution in [2.24, 2.45) is 10.8 Å². The lowest BCUT2D eigenvalue weighted by atomic mass is 9.68. The van der Waals surface area contributed by atoms with Crippen LogP contribution in [0.4, 0.5) is 5.69 Å². The SMILES string of the molecule is CC1(C)CC(=O)C2=C(C1)N(c1cccc(O)c1)C1=C(C2)C(=O)CC(C)(C)C1. The summed E-state index contributed by atoms with van der Waals surface area (Å²) in [6.07, 6.45) is 3.07. The molecule has 27 heavy (non-hydrogen) atoms. The Bertz CT molecular complexity index is 865. The maximum Gasteiger partial charge on any atom is 0.161 e. The van der Waals surface area contributed by atoms with Crippen LogP contribution in [0.1, 0.15) is 59.8 Å². The summed E-state index contributed by atoms with van der Waals surface area (Å²) in [7, 11) is 0. The quantitative estimate of drug-likeness (QED) is 0.770. The lowest BCUT2D eigenvalue weighted by Gasteiger charge is -2.46. The Morgan fingerprint density at radius 3 is 1.85 bits per heavy atom. The Labute approximate surface area is 160 Å². The highest BCUT2D eigenvalue weighted by atomic mass is 16.3. The first-order chi connectivity index (χ1) is 12.6. The summed E-state index contributed by atoms with van der Waals surface area (Å²) in [4.78, 5) is 28.0. The van der Waals surface area contributed by atoms with Crippen molar-refractivity contribution in [3.05, 3.63) is 46.8 Å². The molecule has 2 aliphatic carbocycles. The molecule has 3 aliphatic rings. The molecule has 1 aromatic carbocycles. The molecule has 0 unspecified atom stereocenters. The third-order valence-electron chi connectivity index (χ3n) is 5.92. The molecule has 4 heteroatoms. The van der Waals surface area contributed by atoms with Crippen LogP contribution in [0, 0.1) is 10.8 Å². The number of allylic oxidation sites excluding steroid dienone is 4. The zero-order valence-electron chi connectivity index (χ0n) is 16.6. The van der Waals surface area contributed by atoms with Crippen molar-refractivity contribution in [1.29, 1.82) is 0 Å². The van der Waals surface area contributed by atoms with Crippen molar-refractivity contribution >= 4 is 17.3 Å². The normalized spacial score (nSPS) is 24.1. The summed E-state index contributed by atoms with van der Waals surface area (Å²) in [5.74, 6) is 0.483. The van der Waals surface area contributed by atoms with Crippen molar-refractivity contribution in [3.63, 3.8) is 0 Å². The number of Topliss-reactive ketones (excluding diaryl/α,β-unsaturated/α-hetero) is 2. The number of benzene rings is 1. The largest absolute Gasteiger partial charge is 0.508 e. The predicted octanol–water partition coefficient (Wildman–Crippen LogP) is 4.89. The number of hydrogen-bond acceptors (Lipinski definition) is 4. The monoisotopic (exact) mass is 365 g/mol. The Hall–Kier alpha value is -2.36. The minimum Gasteiger partial charge on any atom is -0.508 e. The van der Waals surface area contributed by atoms with E-state index in [-0.39, 0.29) is 28.1 Å². The third kappa shape index (κ3) is 3.11. The first-order valence-corrected chi connectivity index (χ1v) is 9.66. The lowest BCUT2D eigenvalue weighted by molar-refractivity contribution is -0.118. The van der Waals surface area contributed by atoms with Crippen LogP contribution >= 0.6 is 0 Å². The molecular formula is C23H27NO3. The molecule has 1 N–H and O–H groups in total. The zero-order valence-corrected chi connectivity index (χ0v) is 16.6. The van der Waals surface area contributed by atoms with Gasteiger partial charge in [-0.15, -0.1) is 0 Å². The van der Waals surface area contributed by atoms with Crippen LogP contribution in [0.15, 0.2) is 46.8 Å². The molecule has 4 nitrogen and oxygen atoms in total. The number of phenols is 1. The van der Waals surface area contributed by atoms with Gasteiger partial charge in [-0.2, -0.15) is 0 Å². The summed E-state index contributed by atoms with van der Waals surface area (Å²) in [6.45, 7) is 8.48. The van der Waals surface area contributed by atoms with Gasteiger partial charge in [0.1, 0.15) is 5.75 Å². The van der Waals surface area contributed by atoms with Crippen LogP contribution in [0.25, 0.3) is 0 Å². The average Bonchev–Trinajstić information content (AvgIpc) is 2.51. The second-order valence-corrected chi connectivity index (χ2v) is 9.76. The zero-order chi connectivity index (χ0) is 19.6. The standard InChI is InChI=1S/C23H27NO3/c1-22(2)10-18-16(20(26)12-22)9-17-19(11-23(3,4)13-21(17)27)24(18)14-6-5-7-15(25)8-14/h5-8,25H,9-13H2,1-4H3. The molecule has 0 saturated heterocycles. The van der Waals surface area contributed by atoms with E-state index >= 15 is 0 Å². The molecule has 0 fully saturated rings. The van der Waals surface area contributed by atoms with Crippen LogP contribution in [0.3, 0.4) is 0 Å². The van der Waals surface area contributed by atoms with Gasteiger partial charge >= 0.3 is 0 Å². The molecule has 0 aromatic heterocycles. The molecule has 4 rings (SSSR count). The maximum atomic E-state index is 12.9. The number of nitrogens with zero attached hydrogens (tertiary/aromatic N) is 1. The fourth-order valence-electron chi connectivity index (χ4n) is 4.76. The molecule has 0 radical (unpaired) electrons. The predicted molar refractivity (Wildman–Crippen MR) is 105 cm³/mol. The number of hydrogen-bond donors (Lipinski definition) is 1. The Kier molecular flexibility index (Phi) is 3.88. The van der Waals surface area contributed by atoms with Crippen molar-refractivity contribution in [3.8, 4) is 5.75 Å². The van der Waals surface area contributed by atoms with Gasteiger partial charge in [0.05, 0.1) is 0 Å². The lowest BCUT2D eigenvalue weighted by Crippen LogP contribution is -2.41. The highest BCUT2D eigenvalue weighted by molar-refractivity contribution is 6.05. The van der Waals surface area contributed by atoms with Crippen molar-refractivity contribution in [2.75, 3.05) is 4.90 Å². The van der Waals surface area contributed by atoms with Crippen molar-refractivity contribution < 1.29 is 14.7 Å². The van der Waals surface area contributed by atoms with Gasteiger partial charge in [-0.25, -0.2) is 0 Å². The maximum absolute atomic E-state index is 12.9. The number of rotatable bonds is 1. The Balaban J connectivity index is 1.93. The van der Waals surface area contributed by atoms with Gasteiger partial charge in [-0.05, 0) is 35.8 Å². The van der Waals surface area contributed by atoms with Crippen LogP contribution in [0.5, 0.6) is 5.75 Å². The van der Waals surface area contributed by atoms with E-state index in [4.69, 9.17) is 0 Å². The van der Waals surface area contributed by atoms with Gasteiger partial charge in [-0.3, -0.25) is 9.59 Å².